The largest absolute Gasteiger partial charge is 0.0654 e. The van der Waals surface area contributed by atoms with Crippen molar-refractivity contribution < 1.29 is 0 Å². The predicted molar refractivity (Wildman–Crippen MR) is 238 cm³/mol. The molecule has 0 nitrogen and oxygen atoms in total. The molecule has 50 heavy (non-hydrogen) atoms. The van der Waals surface area contributed by atoms with Crippen LogP contribution in [0.5, 0.6) is 0 Å². The van der Waals surface area contributed by atoms with E-state index in [9.17, 15) is 0 Å². The molecule has 0 heterocycles. The summed E-state index contributed by atoms with van der Waals surface area (Å²) in [7, 11) is -0.784. The van der Waals surface area contributed by atoms with E-state index in [-0.39, 0.29) is 0 Å². The molecule has 0 aromatic rings. The zero-order chi connectivity index (χ0) is 36.3. The third-order valence-corrected chi connectivity index (χ3v) is 17.3. The number of hydrogen-bond donors (Lipinski definition) is 0. The highest BCUT2D eigenvalue weighted by Crippen LogP contribution is 2.61. The molecule has 0 saturated heterocycles. The van der Waals surface area contributed by atoms with Gasteiger partial charge in [-0.25, -0.2) is 0 Å². The van der Waals surface area contributed by atoms with Crippen molar-refractivity contribution >= 4 is 7.26 Å². The second-order valence-corrected chi connectivity index (χ2v) is 21.8. The molecule has 0 saturated carbocycles. The summed E-state index contributed by atoms with van der Waals surface area (Å²) in [6.45, 7) is 9.38. The average molecular weight is 722 g/mol. The standard InChI is InChI=1S/C49H102P/c1-5-9-13-17-20-23-26-29-32-35-39-43-47-50(46-42-38-16-12-8-4,48-44-40-36-33-30-27-24-21-18-14-10-6-2)49-45-41-37-34-31-28-25-22-19-15-11-7-3/h5-49H2,1-4H3/q+1. The Bertz CT molecular complexity index is 514. The molecule has 0 aliphatic heterocycles. The highest BCUT2D eigenvalue weighted by atomic mass is 31.2. The molecular weight excluding hydrogens is 620 g/mol. The van der Waals surface area contributed by atoms with Crippen LogP contribution >= 0.6 is 7.26 Å². The minimum atomic E-state index is -0.784. The van der Waals surface area contributed by atoms with E-state index in [0.29, 0.717) is 0 Å². The van der Waals surface area contributed by atoms with Gasteiger partial charge in [0.2, 0.25) is 0 Å². The Labute approximate surface area is 321 Å². The van der Waals surface area contributed by atoms with Crippen LogP contribution in [0.1, 0.15) is 291 Å². The summed E-state index contributed by atoms with van der Waals surface area (Å²) in [5.41, 5.74) is 0. The lowest BCUT2D eigenvalue weighted by molar-refractivity contribution is 0.545. The minimum absolute atomic E-state index is 0.784. The lowest BCUT2D eigenvalue weighted by Gasteiger charge is -2.28. The van der Waals surface area contributed by atoms with Gasteiger partial charge in [0.25, 0.3) is 0 Å². The van der Waals surface area contributed by atoms with Gasteiger partial charge in [0.1, 0.15) is 0 Å². The van der Waals surface area contributed by atoms with Gasteiger partial charge in [0.15, 0.2) is 0 Å². The van der Waals surface area contributed by atoms with Gasteiger partial charge in [0, 0.05) is 7.26 Å². The fourth-order valence-corrected chi connectivity index (χ4v) is 13.5. The van der Waals surface area contributed by atoms with E-state index in [2.05, 4.69) is 27.7 Å². The zero-order valence-electron chi connectivity index (χ0n) is 36.3. The molecule has 0 spiro atoms. The van der Waals surface area contributed by atoms with Crippen molar-refractivity contribution in [3.8, 4) is 0 Å². The third-order valence-electron chi connectivity index (χ3n) is 12.2. The minimum Gasteiger partial charge on any atom is -0.0654 e. The van der Waals surface area contributed by atoms with E-state index in [4.69, 9.17) is 0 Å². The van der Waals surface area contributed by atoms with Crippen molar-refractivity contribution in [2.45, 2.75) is 291 Å². The Kier molecular flexibility index (Phi) is 44.2. The smallest absolute Gasteiger partial charge is 0.0594 e. The van der Waals surface area contributed by atoms with E-state index in [1.807, 2.05) is 0 Å². The molecule has 0 fully saturated rings. The Balaban J connectivity index is 4.69. The zero-order valence-corrected chi connectivity index (χ0v) is 37.2. The molecule has 0 rings (SSSR count). The first-order chi connectivity index (χ1) is 24.7. The van der Waals surface area contributed by atoms with Gasteiger partial charge in [-0.15, -0.1) is 0 Å². The first kappa shape index (κ1) is 50.4. The second-order valence-electron chi connectivity index (χ2n) is 17.3. The van der Waals surface area contributed by atoms with Crippen molar-refractivity contribution in [3.63, 3.8) is 0 Å². The fourth-order valence-electron chi connectivity index (χ4n) is 8.59. The molecule has 0 unspecified atom stereocenters. The van der Waals surface area contributed by atoms with Gasteiger partial charge in [-0.3, -0.25) is 0 Å². The van der Waals surface area contributed by atoms with E-state index in [1.54, 1.807) is 50.3 Å². The maximum atomic E-state index is 2.38. The van der Waals surface area contributed by atoms with E-state index in [0.717, 1.165) is 0 Å². The highest BCUT2D eigenvalue weighted by molar-refractivity contribution is 7.75. The van der Waals surface area contributed by atoms with Gasteiger partial charge in [-0.2, -0.15) is 0 Å². The molecule has 0 amide bonds. The molecular formula is C49H102P+. The van der Waals surface area contributed by atoms with Crippen molar-refractivity contribution in [2.24, 2.45) is 0 Å². The van der Waals surface area contributed by atoms with Crippen molar-refractivity contribution in [3.05, 3.63) is 0 Å². The van der Waals surface area contributed by atoms with Gasteiger partial charge >= 0.3 is 0 Å². The molecule has 0 bridgehead atoms. The maximum Gasteiger partial charge on any atom is 0.0594 e. The van der Waals surface area contributed by atoms with Crippen LogP contribution in [0.3, 0.4) is 0 Å². The predicted octanol–water partition coefficient (Wildman–Crippen LogP) is 19.1. The summed E-state index contributed by atoms with van der Waals surface area (Å²) in [6, 6.07) is 0. The van der Waals surface area contributed by atoms with Crippen LogP contribution in [0.25, 0.3) is 0 Å². The monoisotopic (exact) mass is 722 g/mol. The summed E-state index contributed by atoms with van der Waals surface area (Å²) >= 11 is 0. The first-order valence-electron chi connectivity index (χ1n) is 24.6. The van der Waals surface area contributed by atoms with Crippen molar-refractivity contribution in [1.29, 1.82) is 0 Å². The maximum absolute atomic E-state index is 2.38. The lowest BCUT2D eigenvalue weighted by Crippen LogP contribution is -2.13. The summed E-state index contributed by atoms with van der Waals surface area (Å²) in [6.07, 6.45) is 67.7. The third kappa shape index (κ3) is 38.2. The number of hydrogen-bond acceptors (Lipinski definition) is 0. The lowest BCUT2D eigenvalue weighted by atomic mass is 10.1. The Hall–Kier alpha value is 0.430. The van der Waals surface area contributed by atoms with Crippen LogP contribution in [-0.2, 0) is 0 Å². The molecule has 0 aliphatic rings. The summed E-state index contributed by atoms with van der Waals surface area (Å²) in [4.78, 5) is 0. The normalized spacial score (nSPS) is 12.0. The summed E-state index contributed by atoms with van der Waals surface area (Å²) in [5.74, 6) is 0. The Morgan fingerprint density at radius 3 is 0.420 bits per heavy atom. The molecule has 0 aromatic carbocycles. The summed E-state index contributed by atoms with van der Waals surface area (Å²) < 4.78 is 0. The molecule has 0 radical (unpaired) electrons. The van der Waals surface area contributed by atoms with E-state index < -0.39 is 7.26 Å². The summed E-state index contributed by atoms with van der Waals surface area (Å²) in [5, 5.41) is 0. The first-order valence-corrected chi connectivity index (χ1v) is 27.1. The number of rotatable bonds is 45. The van der Waals surface area contributed by atoms with Gasteiger partial charge in [0.05, 0.1) is 24.6 Å². The van der Waals surface area contributed by atoms with Crippen LogP contribution in [0.2, 0.25) is 0 Å². The van der Waals surface area contributed by atoms with E-state index in [1.165, 1.54) is 238 Å². The molecule has 0 N–H and O–H groups in total. The average Bonchev–Trinajstić information content (AvgIpc) is 3.12. The van der Waals surface area contributed by atoms with Crippen molar-refractivity contribution in [1.82, 2.24) is 0 Å². The molecule has 0 aromatic heterocycles. The highest BCUT2D eigenvalue weighted by Gasteiger charge is 2.35. The van der Waals surface area contributed by atoms with Crippen LogP contribution in [0.15, 0.2) is 0 Å². The van der Waals surface area contributed by atoms with Crippen molar-refractivity contribution in [2.75, 3.05) is 24.6 Å². The van der Waals surface area contributed by atoms with Crippen LogP contribution < -0.4 is 0 Å². The SMILES string of the molecule is CCCCCCCCCCCCCC[P+](CCCCCCC)(CCCCCCCCCCCCCC)CCCCCCCCCCCCCC. The number of unbranched alkanes of at least 4 members (excludes halogenated alkanes) is 37. The van der Waals surface area contributed by atoms with Gasteiger partial charge < -0.3 is 0 Å². The second kappa shape index (κ2) is 43.8. The van der Waals surface area contributed by atoms with Crippen LogP contribution in [0.4, 0.5) is 0 Å². The van der Waals surface area contributed by atoms with E-state index >= 15 is 0 Å². The molecule has 0 aliphatic carbocycles. The van der Waals surface area contributed by atoms with Crippen LogP contribution in [-0.4, -0.2) is 24.6 Å². The fraction of sp³-hybridized carbons (Fsp3) is 1.00. The molecule has 1 heteroatoms. The Morgan fingerprint density at radius 2 is 0.280 bits per heavy atom. The molecule has 302 valence electrons. The quantitative estimate of drug-likeness (QED) is 0.0434. The van der Waals surface area contributed by atoms with Gasteiger partial charge in [-0.1, -0.05) is 240 Å². The Morgan fingerprint density at radius 1 is 0.160 bits per heavy atom. The van der Waals surface area contributed by atoms with Crippen LogP contribution in [0, 0.1) is 0 Å². The topological polar surface area (TPSA) is 0 Å². The van der Waals surface area contributed by atoms with Gasteiger partial charge in [-0.05, 0) is 51.4 Å². The molecule has 0 atom stereocenters.